The van der Waals surface area contributed by atoms with Crippen molar-refractivity contribution in [2.24, 2.45) is 5.84 Å². The summed E-state index contributed by atoms with van der Waals surface area (Å²) >= 11 is 0. The van der Waals surface area contributed by atoms with Gasteiger partial charge in [0.25, 0.3) is 0 Å². The molecule has 2 N–H and O–H groups in total. The lowest BCUT2D eigenvalue weighted by Gasteiger charge is -2.22. The van der Waals surface area contributed by atoms with E-state index in [-0.39, 0.29) is 5.91 Å². The quantitative estimate of drug-likeness (QED) is 0.488. The van der Waals surface area contributed by atoms with Crippen LogP contribution in [0.1, 0.15) is 24.0 Å². The molecule has 1 fully saturated rings. The van der Waals surface area contributed by atoms with Gasteiger partial charge in [-0.3, -0.25) is 9.80 Å². The van der Waals surface area contributed by atoms with Gasteiger partial charge in [-0.05, 0) is 25.8 Å². The summed E-state index contributed by atoms with van der Waals surface area (Å²) < 4.78 is 5.35. The Morgan fingerprint density at radius 2 is 2.12 bits per heavy atom. The average Bonchev–Trinajstić information content (AvgIpc) is 3.09. The largest absolute Gasteiger partial charge is 0.496 e. The van der Waals surface area contributed by atoms with Gasteiger partial charge in [0.2, 0.25) is 5.91 Å². The Hall–Kier alpha value is -1.55. The Bertz CT molecular complexity index is 451. The number of methoxy groups -OCH3 is 1. The van der Waals surface area contributed by atoms with Gasteiger partial charge in [0.15, 0.2) is 0 Å². The Morgan fingerprint density at radius 3 is 2.59 bits per heavy atom. The second-order valence-electron chi connectivity index (χ2n) is 4.70. The van der Waals surface area contributed by atoms with E-state index >= 15 is 0 Å². The second kappa shape index (κ2) is 4.04. The standard InChI is InChI=1S/C13H18N2O2/c1-9-4-5-11(17-3)10(8-9)13(6-7-13)12(16)15(2)14/h4-5,8H,6-7,14H2,1-3H3. The number of amides is 1. The molecule has 4 heteroatoms. The van der Waals surface area contributed by atoms with Gasteiger partial charge in [-0.2, -0.15) is 0 Å². The Morgan fingerprint density at radius 1 is 1.47 bits per heavy atom. The molecule has 1 aliphatic carbocycles. The highest BCUT2D eigenvalue weighted by Gasteiger charge is 2.53. The summed E-state index contributed by atoms with van der Waals surface area (Å²) in [6.07, 6.45) is 1.68. The van der Waals surface area contributed by atoms with Crippen LogP contribution in [0.3, 0.4) is 0 Å². The SMILES string of the molecule is COc1ccc(C)cc1C1(C(=O)N(C)N)CC1. The van der Waals surface area contributed by atoms with Crippen molar-refractivity contribution in [1.82, 2.24) is 5.01 Å². The van der Waals surface area contributed by atoms with Crippen LogP contribution in [0.4, 0.5) is 0 Å². The molecule has 2 rings (SSSR count). The maximum atomic E-state index is 12.2. The van der Waals surface area contributed by atoms with Crippen LogP contribution in [0.2, 0.25) is 0 Å². The first kappa shape index (κ1) is 11.9. The van der Waals surface area contributed by atoms with E-state index in [0.29, 0.717) is 0 Å². The summed E-state index contributed by atoms with van der Waals surface area (Å²) in [6, 6.07) is 5.91. The van der Waals surface area contributed by atoms with Gasteiger partial charge in [-0.15, -0.1) is 0 Å². The lowest BCUT2D eigenvalue weighted by molar-refractivity contribution is -0.132. The minimum absolute atomic E-state index is 0.0404. The molecule has 0 unspecified atom stereocenters. The highest BCUT2D eigenvalue weighted by Crippen LogP contribution is 2.52. The van der Waals surface area contributed by atoms with Crippen LogP contribution in [-0.4, -0.2) is 25.1 Å². The summed E-state index contributed by atoms with van der Waals surface area (Å²) in [5.41, 5.74) is 1.63. The summed E-state index contributed by atoms with van der Waals surface area (Å²) in [5, 5.41) is 1.18. The molecule has 1 aromatic carbocycles. The van der Waals surface area contributed by atoms with Crippen LogP contribution in [0.5, 0.6) is 5.75 Å². The van der Waals surface area contributed by atoms with Crippen LogP contribution in [0, 0.1) is 6.92 Å². The van der Waals surface area contributed by atoms with E-state index in [2.05, 4.69) is 0 Å². The monoisotopic (exact) mass is 234 g/mol. The first-order valence-corrected chi connectivity index (χ1v) is 5.69. The van der Waals surface area contributed by atoms with Gasteiger partial charge in [0, 0.05) is 12.6 Å². The molecular weight excluding hydrogens is 216 g/mol. The van der Waals surface area contributed by atoms with Gasteiger partial charge < -0.3 is 4.74 Å². The molecule has 0 radical (unpaired) electrons. The molecule has 1 saturated carbocycles. The number of nitrogens with zero attached hydrogens (tertiary/aromatic N) is 1. The highest BCUT2D eigenvalue weighted by atomic mass is 16.5. The van der Waals surface area contributed by atoms with Gasteiger partial charge in [-0.25, -0.2) is 5.84 Å². The lowest BCUT2D eigenvalue weighted by atomic mass is 9.92. The predicted octanol–water partition coefficient (Wildman–Crippen LogP) is 1.37. The van der Waals surface area contributed by atoms with Gasteiger partial charge in [0.05, 0.1) is 12.5 Å². The first-order valence-electron chi connectivity index (χ1n) is 5.69. The molecule has 0 saturated heterocycles. The molecule has 1 aromatic rings. The fourth-order valence-electron chi connectivity index (χ4n) is 2.26. The van der Waals surface area contributed by atoms with Crippen molar-refractivity contribution in [3.05, 3.63) is 29.3 Å². The molecule has 1 aliphatic rings. The second-order valence-corrected chi connectivity index (χ2v) is 4.70. The fraction of sp³-hybridized carbons (Fsp3) is 0.462. The molecule has 0 aromatic heterocycles. The molecule has 0 bridgehead atoms. The summed E-state index contributed by atoms with van der Waals surface area (Å²) in [6.45, 7) is 2.01. The Kier molecular flexibility index (Phi) is 2.83. The summed E-state index contributed by atoms with van der Waals surface area (Å²) in [4.78, 5) is 12.2. The van der Waals surface area contributed by atoms with E-state index in [1.165, 1.54) is 5.01 Å². The van der Waals surface area contributed by atoms with Gasteiger partial charge in [-0.1, -0.05) is 17.7 Å². The molecule has 0 aliphatic heterocycles. The van der Waals surface area contributed by atoms with E-state index in [4.69, 9.17) is 10.6 Å². The maximum absolute atomic E-state index is 12.2. The molecule has 4 nitrogen and oxygen atoms in total. The number of hydrogen-bond acceptors (Lipinski definition) is 3. The molecule has 17 heavy (non-hydrogen) atoms. The number of hydrazine groups is 1. The third-order valence-corrected chi connectivity index (χ3v) is 3.35. The number of carbonyl (C=O) groups excluding carboxylic acids is 1. The van der Waals surface area contributed by atoms with E-state index in [1.54, 1.807) is 14.2 Å². The third-order valence-electron chi connectivity index (χ3n) is 3.35. The normalized spacial score (nSPS) is 16.5. The van der Waals surface area contributed by atoms with Gasteiger partial charge >= 0.3 is 0 Å². The van der Waals surface area contributed by atoms with Crippen molar-refractivity contribution in [2.75, 3.05) is 14.2 Å². The zero-order valence-corrected chi connectivity index (χ0v) is 10.5. The van der Waals surface area contributed by atoms with Crippen LogP contribution in [-0.2, 0) is 10.2 Å². The number of likely N-dealkylation sites (N-methyl/N-ethyl adjacent to an activating group) is 1. The topological polar surface area (TPSA) is 55.6 Å². The number of aryl methyl sites for hydroxylation is 1. The van der Waals surface area contributed by atoms with Crippen molar-refractivity contribution in [1.29, 1.82) is 0 Å². The van der Waals surface area contributed by atoms with Crippen LogP contribution >= 0.6 is 0 Å². The molecule has 0 spiro atoms. The minimum Gasteiger partial charge on any atom is -0.496 e. The number of ether oxygens (including phenoxy) is 1. The predicted molar refractivity (Wildman–Crippen MR) is 65.6 cm³/mol. The van der Waals surface area contributed by atoms with Crippen LogP contribution in [0.15, 0.2) is 18.2 Å². The van der Waals surface area contributed by atoms with E-state index in [1.807, 2.05) is 25.1 Å². The highest BCUT2D eigenvalue weighted by molar-refractivity contribution is 5.91. The zero-order chi connectivity index (χ0) is 12.6. The average molecular weight is 234 g/mol. The molecule has 0 heterocycles. The third kappa shape index (κ3) is 1.89. The van der Waals surface area contributed by atoms with Crippen molar-refractivity contribution in [3.63, 3.8) is 0 Å². The molecule has 1 amide bonds. The Balaban J connectivity index is 2.46. The van der Waals surface area contributed by atoms with Crippen molar-refractivity contribution in [3.8, 4) is 5.75 Å². The number of hydrogen-bond donors (Lipinski definition) is 1. The van der Waals surface area contributed by atoms with Crippen LogP contribution < -0.4 is 10.6 Å². The molecule has 92 valence electrons. The fourth-order valence-corrected chi connectivity index (χ4v) is 2.26. The zero-order valence-electron chi connectivity index (χ0n) is 10.5. The van der Waals surface area contributed by atoms with Crippen molar-refractivity contribution >= 4 is 5.91 Å². The van der Waals surface area contributed by atoms with Crippen LogP contribution in [0.25, 0.3) is 0 Å². The minimum atomic E-state index is -0.457. The number of carbonyl (C=O) groups is 1. The lowest BCUT2D eigenvalue weighted by Crippen LogP contribution is -2.41. The van der Waals surface area contributed by atoms with Crippen molar-refractivity contribution < 1.29 is 9.53 Å². The first-order chi connectivity index (χ1) is 8.01. The van der Waals surface area contributed by atoms with E-state index in [0.717, 1.165) is 29.7 Å². The van der Waals surface area contributed by atoms with E-state index < -0.39 is 5.41 Å². The summed E-state index contributed by atoms with van der Waals surface area (Å²) in [7, 11) is 3.21. The summed E-state index contributed by atoms with van der Waals surface area (Å²) in [5.74, 6) is 6.30. The van der Waals surface area contributed by atoms with Crippen molar-refractivity contribution in [2.45, 2.75) is 25.2 Å². The molecule has 0 atom stereocenters. The molecular formula is C13H18N2O2. The van der Waals surface area contributed by atoms with Gasteiger partial charge in [0.1, 0.15) is 5.75 Å². The number of benzene rings is 1. The number of rotatable bonds is 3. The number of nitrogens with two attached hydrogens (primary N) is 1. The Labute approximate surface area is 101 Å². The maximum Gasteiger partial charge on any atom is 0.246 e. The van der Waals surface area contributed by atoms with E-state index in [9.17, 15) is 4.79 Å². The smallest absolute Gasteiger partial charge is 0.246 e.